The molecule has 0 N–H and O–H groups in total. The largest absolute Gasteiger partial charge is 0.367 e. The van der Waals surface area contributed by atoms with Crippen LogP contribution in [0.5, 0.6) is 0 Å². The van der Waals surface area contributed by atoms with Crippen LogP contribution in [0.1, 0.15) is 53.4 Å². The summed E-state index contributed by atoms with van der Waals surface area (Å²) in [6, 6.07) is 0. The summed E-state index contributed by atoms with van der Waals surface area (Å²) in [5.74, 6) is 1.00. The van der Waals surface area contributed by atoms with E-state index in [-0.39, 0.29) is 26.4 Å². The topological polar surface area (TPSA) is 83.4 Å². The van der Waals surface area contributed by atoms with Gasteiger partial charge < -0.3 is 18.1 Å². The SMILES string of the molecule is CCOP(=O)(OCC)C(/N=C1\C[C@@H]2CC[C@H]1C2)P(=O)(OCC)OCC. The van der Waals surface area contributed by atoms with Gasteiger partial charge in [-0.2, -0.15) is 0 Å². The zero-order valence-corrected chi connectivity index (χ0v) is 17.5. The minimum absolute atomic E-state index is 0.170. The van der Waals surface area contributed by atoms with Gasteiger partial charge in [-0.25, -0.2) is 0 Å². The van der Waals surface area contributed by atoms with Gasteiger partial charge in [-0.15, -0.1) is 0 Å². The maximum Gasteiger partial charge on any atom is 0.367 e. The number of rotatable bonds is 11. The minimum Gasteiger partial charge on any atom is -0.307 e. The fraction of sp³-hybridized carbons (Fsp3) is 0.938. The first-order valence-electron chi connectivity index (χ1n) is 9.26. The predicted octanol–water partition coefficient (Wildman–Crippen LogP) is 5.06. The molecule has 146 valence electrons. The molecule has 0 aromatic heterocycles. The van der Waals surface area contributed by atoms with Crippen LogP contribution in [0.4, 0.5) is 0 Å². The molecule has 2 fully saturated rings. The van der Waals surface area contributed by atoms with Gasteiger partial charge in [0.25, 0.3) is 5.52 Å². The van der Waals surface area contributed by atoms with Gasteiger partial charge in [0.2, 0.25) is 0 Å². The minimum atomic E-state index is -3.79. The summed E-state index contributed by atoms with van der Waals surface area (Å²) >= 11 is 0. The van der Waals surface area contributed by atoms with Crippen molar-refractivity contribution in [3.05, 3.63) is 0 Å². The predicted molar refractivity (Wildman–Crippen MR) is 98.4 cm³/mol. The normalized spacial score (nSPS) is 25.4. The highest BCUT2D eigenvalue weighted by Crippen LogP contribution is 2.71. The van der Waals surface area contributed by atoms with Gasteiger partial charge in [0.05, 0.1) is 26.4 Å². The van der Waals surface area contributed by atoms with Crippen molar-refractivity contribution < 1.29 is 27.2 Å². The van der Waals surface area contributed by atoms with E-state index in [9.17, 15) is 9.13 Å². The maximum absolute atomic E-state index is 13.4. The van der Waals surface area contributed by atoms with Crippen molar-refractivity contribution in [1.29, 1.82) is 0 Å². The molecule has 7 nitrogen and oxygen atoms in total. The second-order valence-electron chi connectivity index (χ2n) is 6.30. The highest BCUT2D eigenvalue weighted by Gasteiger charge is 2.52. The molecule has 0 spiro atoms. The van der Waals surface area contributed by atoms with Crippen LogP contribution in [0, 0.1) is 11.8 Å². The van der Waals surface area contributed by atoms with Crippen LogP contribution in [0.25, 0.3) is 0 Å². The Balaban J connectivity index is 2.44. The third kappa shape index (κ3) is 4.82. The molecule has 9 heteroatoms. The van der Waals surface area contributed by atoms with E-state index in [0.29, 0.717) is 11.8 Å². The molecule has 0 aliphatic heterocycles. The van der Waals surface area contributed by atoms with Gasteiger partial charge in [0, 0.05) is 5.71 Å². The summed E-state index contributed by atoms with van der Waals surface area (Å²) in [6.07, 6.45) is 4.25. The summed E-state index contributed by atoms with van der Waals surface area (Å²) in [4.78, 5) is 4.67. The molecular formula is C16H31NO6P2. The van der Waals surface area contributed by atoms with Crippen molar-refractivity contribution in [1.82, 2.24) is 0 Å². The Morgan fingerprint density at radius 2 is 1.40 bits per heavy atom. The Bertz CT molecular complexity index is 517. The third-order valence-corrected chi connectivity index (χ3v) is 10.1. The Hall–Kier alpha value is -0.0300. The lowest BCUT2D eigenvalue weighted by Gasteiger charge is -2.30. The van der Waals surface area contributed by atoms with E-state index in [1.807, 2.05) is 0 Å². The van der Waals surface area contributed by atoms with E-state index in [2.05, 4.69) is 4.99 Å². The van der Waals surface area contributed by atoms with E-state index in [1.54, 1.807) is 27.7 Å². The first-order valence-corrected chi connectivity index (χ1v) is 12.5. The van der Waals surface area contributed by atoms with Crippen molar-refractivity contribution in [2.45, 2.75) is 58.9 Å². The van der Waals surface area contributed by atoms with Gasteiger partial charge in [-0.3, -0.25) is 14.1 Å². The Labute approximate surface area is 150 Å². The van der Waals surface area contributed by atoms with E-state index >= 15 is 0 Å². The van der Waals surface area contributed by atoms with E-state index in [0.717, 1.165) is 25.0 Å². The van der Waals surface area contributed by atoms with Crippen LogP contribution < -0.4 is 0 Å². The lowest BCUT2D eigenvalue weighted by Crippen LogP contribution is -2.20. The van der Waals surface area contributed by atoms with Crippen molar-refractivity contribution in [2.75, 3.05) is 26.4 Å². The van der Waals surface area contributed by atoms with Gasteiger partial charge in [-0.1, -0.05) is 0 Å². The molecule has 2 rings (SSSR count). The monoisotopic (exact) mass is 395 g/mol. The summed E-state index contributed by atoms with van der Waals surface area (Å²) in [5.41, 5.74) is -0.297. The molecule has 2 bridgehead atoms. The molecule has 0 radical (unpaired) electrons. The fourth-order valence-electron chi connectivity index (χ4n) is 3.71. The highest BCUT2D eigenvalue weighted by molar-refractivity contribution is 7.72. The first kappa shape index (κ1) is 21.3. The van der Waals surface area contributed by atoms with Crippen LogP contribution in [-0.4, -0.2) is 37.7 Å². The fourth-order valence-corrected chi connectivity index (χ4v) is 8.59. The lowest BCUT2D eigenvalue weighted by atomic mass is 9.99. The van der Waals surface area contributed by atoms with E-state index in [4.69, 9.17) is 18.1 Å². The van der Waals surface area contributed by atoms with Crippen LogP contribution in [0.2, 0.25) is 0 Å². The number of hydrogen-bond acceptors (Lipinski definition) is 7. The second kappa shape index (κ2) is 9.25. The molecule has 2 aliphatic carbocycles. The average molecular weight is 395 g/mol. The number of nitrogens with zero attached hydrogens (tertiary/aromatic N) is 1. The standard InChI is InChI=1S/C16H31NO6P2/c1-5-20-24(18,21-6-2)16(25(19,22-7-3)23-8-4)17-15-12-13-9-10-14(15)11-13/h13-14,16H,5-12H2,1-4H3/b17-15+/t13-,14+/m1/s1. The Morgan fingerprint density at radius 3 is 1.72 bits per heavy atom. The second-order valence-corrected chi connectivity index (χ2v) is 10.9. The third-order valence-electron chi connectivity index (χ3n) is 4.59. The van der Waals surface area contributed by atoms with E-state index < -0.39 is 20.7 Å². The van der Waals surface area contributed by atoms with Crippen molar-refractivity contribution in [3.63, 3.8) is 0 Å². The van der Waals surface area contributed by atoms with Gasteiger partial charge in [0.15, 0.2) is 0 Å². The number of aliphatic imine (C=N–C) groups is 1. The van der Waals surface area contributed by atoms with Crippen molar-refractivity contribution in [2.24, 2.45) is 16.8 Å². The lowest BCUT2D eigenvalue weighted by molar-refractivity contribution is 0.196. The molecule has 0 heterocycles. The number of fused-ring (bicyclic) bond motifs is 2. The molecule has 2 aliphatic rings. The summed E-state index contributed by atoms with van der Waals surface area (Å²) in [5, 5.41) is 0. The highest BCUT2D eigenvalue weighted by atomic mass is 31.2. The van der Waals surface area contributed by atoms with Gasteiger partial charge in [0.1, 0.15) is 0 Å². The molecule has 0 aromatic rings. The molecule has 0 unspecified atom stereocenters. The van der Waals surface area contributed by atoms with Crippen LogP contribution in [0.3, 0.4) is 0 Å². The molecule has 0 saturated heterocycles. The Kier molecular flexibility index (Phi) is 7.87. The smallest absolute Gasteiger partial charge is 0.307 e. The molecular weight excluding hydrogens is 364 g/mol. The van der Waals surface area contributed by atoms with E-state index in [1.165, 1.54) is 6.42 Å². The van der Waals surface area contributed by atoms with Crippen molar-refractivity contribution >= 4 is 20.9 Å². The molecule has 0 aromatic carbocycles. The Morgan fingerprint density at radius 1 is 0.920 bits per heavy atom. The van der Waals surface area contributed by atoms with Gasteiger partial charge in [-0.05, 0) is 65.2 Å². The summed E-state index contributed by atoms with van der Waals surface area (Å²) in [6.45, 7) is 7.57. The zero-order chi connectivity index (χ0) is 18.5. The van der Waals surface area contributed by atoms with Crippen LogP contribution in [-0.2, 0) is 27.2 Å². The van der Waals surface area contributed by atoms with Gasteiger partial charge >= 0.3 is 15.2 Å². The molecule has 25 heavy (non-hydrogen) atoms. The maximum atomic E-state index is 13.4. The average Bonchev–Trinajstić information content (AvgIpc) is 3.16. The molecule has 2 atom stereocenters. The molecule has 2 saturated carbocycles. The summed E-state index contributed by atoms with van der Waals surface area (Å²) < 4.78 is 48.7. The van der Waals surface area contributed by atoms with Crippen molar-refractivity contribution in [3.8, 4) is 0 Å². The zero-order valence-electron chi connectivity index (χ0n) is 15.7. The summed E-state index contributed by atoms with van der Waals surface area (Å²) in [7, 11) is -7.57. The van der Waals surface area contributed by atoms with Crippen LogP contribution in [0.15, 0.2) is 4.99 Å². The van der Waals surface area contributed by atoms with Crippen LogP contribution >= 0.6 is 15.2 Å². The quantitative estimate of drug-likeness (QED) is 0.455. The first-order chi connectivity index (χ1) is 11.9. The number of hydrogen-bond donors (Lipinski definition) is 0. The molecule has 0 amide bonds.